The quantitative estimate of drug-likeness (QED) is 0.881. The summed E-state index contributed by atoms with van der Waals surface area (Å²) in [6, 6.07) is 0.0676. The lowest BCUT2D eigenvalue weighted by Gasteiger charge is -2.20. The third-order valence-corrected chi connectivity index (χ3v) is 3.52. The van der Waals surface area contributed by atoms with Crippen LogP contribution in [0.15, 0.2) is 12.1 Å². The standard InChI is InChI=1S/C13H13F3N2O3/c1-13(11(19)20)2-3-18(6-13)12(21)17-10-8(15)4-7(14)5-9(10)16/h4-5H,2-3,6H2,1H3,(H,17,21)(H,19,20). The molecule has 0 spiro atoms. The number of aliphatic carboxylic acids is 1. The molecule has 1 aliphatic heterocycles. The Morgan fingerprint density at radius 2 is 1.86 bits per heavy atom. The van der Waals surface area contributed by atoms with Crippen LogP contribution in [0, 0.1) is 22.9 Å². The first kappa shape index (κ1) is 15.1. The van der Waals surface area contributed by atoms with Gasteiger partial charge in [0.05, 0.1) is 5.41 Å². The van der Waals surface area contributed by atoms with E-state index in [1.54, 1.807) is 0 Å². The smallest absolute Gasteiger partial charge is 0.322 e. The molecule has 1 atom stereocenters. The van der Waals surface area contributed by atoms with E-state index in [1.165, 1.54) is 6.92 Å². The molecule has 0 bridgehead atoms. The van der Waals surface area contributed by atoms with Gasteiger partial charge in [-0.2, -0.15) is 0 Å². The Morgan fingerprint density at radius 1 is 1.29 bits per heavy atom. The van der Waals surface area contributed by atoms with Crippen molar-refractivity contribution in [3.63, 3.8) is 0 Å². The Labute approximate surface area is 118 Å². The monoisotopic (exact) mass is 302 g/mol. The molecule has 8 heteroatoms. The number of carbonyl (C=O) groups excluding carboxylic acids is 1. The Kier molecular flexibility index (Phi) is 3.80. The summed E-state index contributed by atoms with van der Waals surface area (Å²) in [5.74, 6) is -4.61. The van der Waals surface area contributed by atoms with Gasteiger partial charge in [-0.05, 0) is 13.3 Å². The largest absolute Gasteiger partial charge is 0.481 e. The lowest BCUT2D eigenvalue weighted by molar-refractivity contribution is -0.146. The molecular formula is C13H13F3N2O3. The van der Waals surface area contributed by atoms with Crippen molar-refractivity contribution < 1.29 is 27.9 Å². The molecule has 2 N–H and O–H groups in total. The van der Waals surface area contributed by atoms with E-state index in [0.717, 1.165) is 4.90 Å². The van der Waals surface area contributed by atoms with Crippen LogP contribution in [0.4, 0.5) is 23.7 Å². The zero-order valence-electron chi connectivity index (χ0n) is 11.1. The minimum Gasteiger partial charge on any atom is -0.481 e. The summed E-state index contributed by atoms with van der Waals surface area (Å²) in [5.41, 5.74) is -1.85. The van der Waals surface area contributed by atoms with Crippen LogP contribution in [0.25, 0.3) is 0 Å². The molecule has 114 valence electrons. The molecule has 2 amide bonds. The summed E-state index contributed by atoms with van der Waals surface area (Å²) < 4.78 is 39.6. The first-order valence-corrected chi connectivity index (χ1v) is 6.17. The summed E-state index contributed by atoms with van der Waals surface area (Å²) in [6.07, 6.45) is 0.240. The van der Waals surface area contributed by atoms with E-state index < -0.39 is 40.6 Å². The van der Waals surface area contributed by atoms with Gasteiger partial charge in [-0.1, -0.05) is 0 Å². The first-order valence-electron chi connectivity index (χ1n) is 6.17. The van der Waals surface area contributed by atoms with E-state index in [0.29, 0.717) is 12.1 Å². The molecule has 1 saturated heterocycles. The Hall–Kier alpha value is -2.25. The fourth-order valence-corrected chi connectivity index (χ4v) is 2.16. The third kappa shape index (κ3) is 2.93. The van der Waals surface area contributed by atoms with Crippen molar-refractivity contribution in [3.8, 4) is 0 Å². The van der Waals surface area contributed by atoms with Crippen molar-refractivity contribution in [3.05, 3.63) is 29.6 Å². The van der Waals surface area contributed by atoms with Gasteiger partial charge in [0.25, 0.3) is 0 Å². The molecule has 1 aliphatic rings. The van der Waals surface area contributed by atoms with Crippen molar-refractivity contribution in [1.82, 2.24) is 4.90 Å². The molecule has 21 heavy (non-hydrogen) atoms. The summed E-state index contributed by atoms with van der Waals surface area (Å²) in [6.45, 7) is 1.57. The van der Waals surface area contributed by atoms with Crippen LogP contribution in [0.3, 0.4) is 0 Å². The normalized spacial score (nSPS) is 21.4. The van der Waals surface area contributed by atoms with Gasteiger partial charge in [-0.3, -0.25) is 4.79 Å². The zero-order chi connectivity index (χ0) is 15.8. The molecule has 1 aromatic carbocycles. The average molecular weight is 302 g/mol. The van der Waals surface area contributed by atoms with Gasteiger partial charge in [0.2, 0.25) is 0 Å². The molecule has 0 saturated carbocycles. The van der Waals surface area contributed by atoms with Crippen molar-refractivity contribution in [2.45, 2.75) is 13.3 Å². The van der Waals surface area contributed by atoms with Gasteiger partial charge in [0, 0.05) is 25.2 Å². The number of carboxylic acid groups (broad SMARTS) is 1. The number of carbonyl (C=O) groups is 2. The maximum absolute atomic E-state index is 13.4. The summed E-state index contributed by atoms with van der Waals surface area (Å²) in [5, 5.41) is 11.1. The van der Waals surface area contributed by atoms with Gasteiger partial charge in [-0.15, -0.1) is 0 Å². The van der Waals surface area contributed by atoms with E-state index in [2.05, 4.69) is 0 Å². The Morgan fingerprint density at radius 3 is 2.33 bits per heavy atom. The number of urea groups is 1. The van der Waals surface area contributed by atoms with Gasteiger partial charge in [0.15, 0.2) is 11.6 Å². The molecule has 2 rings (SSSR count). The maximum atomic E-state index is 13.4. The number of nitrogens with zero attached hydrogens (tertiary/aromatic N) is 1. The summed E-state index contributed by atoms with van der Waals surface area (Å²) in [4.78, 5) is 24.1. The van der Waals surface area contributed by atoms with Crippen LogP contribution >= 0.6 is 0 Å². The predicted molar refractivity (Wildman–Crippen MR) is 67.3 cm³/mol. The number of hydrogen-bond donors (Lipinski definition) is 2. The van der Waals surface area contributed by atoms with E-state index in [4.69, 9.17) is 5.11 Å². The van der Waals surface area contributed by atoms with E-state index in [-0.39, 0.29) is 19.5 Å². The van der Waals surface area contributed by atoms with E-state index in [9.17, 15) is 22.8 Å². The van der Waals surface area contributed by atoms with Crippen LogP contribution in [-0.2, 0) is 4.79 Å². The van der Waals surface area contributed by atoms with Crippen molar-refractivity contribution in [2.24, 2.45) is 5.41 Å². The fourth-order valence-electron chi connectivity index (χ4n) is 2.16. The maximum Gasteiger partial charge on any atom is 0.322 e. The minimum absolute atomic E-state index is 0.0708. The van der Waals surface area contributed by atoms with Crippen molar-refractivity contribution >= 4 is 17.7 Å². The van der Waals surface area contributed by atoms with Gasteiger partial charge in [-0.25, -0.2) is 18.0 Å². The second-order valence-electron chi connectivity index (χ2n) is 5.21. The molecule has 0 aromatic heterocycles. The average Bonchev–Trinajstić information content (AvgIpc) is 2.78. The molecule has 1 unspecified atom stereocenters. The van der Waals surface area contributed by atoms with E-state index in [1.807, 2.05) is 5.32 Å². The predicted octanol–water partition coefficient (Wildman–Crippen LogP) is 2.43. The highest BCUT2D eigenvalue weighted by atomic mass is 19.1. The summed E-state index contributed by atoms with van der Waals surface area (Å²) >= 11 is 0. The van der Waals surface area contributed by atoms with Crippen LogP contribution in [0.1, 0.15) is 13.3 Å². The number of carboxylic acids is 1. The Balaban J connectivity index is 2.12. The molecular weight excluding hydrogens is 289 g/mol. The van der Waals surface area contributed by atoms with Crippen LogP contribution < -0.4 is 5.32 Å². The summed E-state index contributed by atoms with van der Waals surface area (Å²) in [7, 11) is 0. The Bertz CT molecular complexity index is 585. The SMILES string of the molecule is CC1(C(=O)O)CCN(C(=O)Nc2c(F)cc(F)cc2F)C1. The molecule has 0 aliphatic carbocycles. The molecule has 0 radical (unpaired) electrons. The molecule has 1 heterocycles. The second kappa shape index (κ2) is 5.27. The fraction of sp³-hybridized carbons (Fsp3) is 0.385. The lowest BCUT2D eigenvalue weighted by Crippen LogP contribution is -2.37. The zero-order valence-corrected chi connectivity index (χ0v) is 11.1. The number of halogens is 3. The van der Waals surface area contributed by atoms with Crippen molar-refractivity contribution in [1.29, 1.82) is 0 Å². The van der Waals surface area contributed by atoms with Gasteiger partial charge >= 0.3 is 12.0 Å². The molecule has 1 aromatic rings. The lowest BCUT2D eigenvalue weighted by atomic mass is 9.90. The second-order valence-corrected chi connectivity index (χ2v) is 5.21. The van der Waals surface area contributed by atoms with E-state index >= 15 is 0 Å². The minimum atomic E-state index is -1.24. The molecule has 5 nitrogen and oxygen atoms in total. The van der Waals surface area contributed by atoms with Crippen molar-refractivity contribution in [2.75, 3.05) is 18.4 Å². The third-order valence-electron chi connectivity index (χ3n) is 3.52. The number of likely N-dealkylation sites (tertiary alicyclic amines) is 1. The van der Waals surface area contributed by atoms with Crippen LogP contribution in [-0.4, -0.2) is 35.1 Å². The number of benzene rings is 1. The number of anilines is 1. The number of hydrogen-bond acceptors (Lipinski definition) is 2. The topological polar surface area (TPSA) is 69.6 Å². The van der Waals surface area contributed by atoms with Crippen LogP contribution in [0.5, 0.6) is 0 Å². The first-order chi connectivity index (χ1) is 9.73. The van der Waals surface area contributed by atoms with Gasteiger partial charge < -0.3 is 15.3 Å². The highest BCUT2D eigenvalue weighted by molar-refractivity contribution is 5.90. The highest BCUT2D eigenvalue weighted by Gasteiger charge is 2.42. The molecule has 1 fully saturated rings. The highest BCUT2D eigenvalue weighted by Crippen LogP contribution is 2.31. The number of nitrogens with one attached hydrogen (secondary N) is 1. The number of rotatable bonds is 2. The number of amides is 2. The van der Waals surface area contributed by atoms with Crippen LogP contribution in [0.2, 0.25) is 0 Å². The van der Waals surface area contributed by atoms with Gasteiger partial charge in [0.1, 0.15) is 11.5 Å².